The number of H-pyrrole nitrogens is 1. The van der Waals surface area contributed by atoms with Gasteiger partial charge >= 0.3 is 12.1 Å². The molecule has 5 nitrogen and oxygen atoms in total. The predicted molar refractivity (Wildman–Crippen MR) is 91.4 cm³/mol. The highest BCUT2D eigenvalue weighted by atomic mass is 19.4. The summed E-state index contributed by atoms with van der Waals surface area (Å²) < 4.78 is 45.7. The van der Waals surface area contributed by atoms with Crippen molar-refractivity contribution >= 4 is 16.9 Å². The maximum absolute atomic E-state index is 14.0. The van der Waals surface area contributed by atoms with Gasteiger partial charge in [0, 0.05) is 41.4 Å². The summed E-state index contributed by atoms with van der Waals surface area (Å²) in [6, 6.07) is 11.0. The molecule has 0 fully saturated rings. The summed E-state index contributed by atoms with van der Waals surface area (Å²) in [5, 5.41) is 11.4. The number of carbonyl (C=O) groups is 1. The van der Waals surface area contributed by atoms with Gasteiger partial charge in [-0.05, 0) is 37.3 Å². The maximum Gasteiger partial charge on any atom is 0.490 e. The number of halogens is 4. The van der Waals surface area contributed by atoms with Crippen molar-refractivity contribution in [3.05, 3.63) is 65.9 Å². The summed E-state index contributed by atoms with van der Waals surface area (Å²) >= 11 is 0. The minimum atomic E-state index is -5.08. The Morgan fingerprint density at radius 1 is 1.26 bits per heavy atom. The maximum atomic E-state index is 14.0. The molecule has 3 N–H and O–H groups in total. The first kappa shape index (κ1) is 20.4. The van der Waals surface area contributed by atoms with Crippen molar-refractivity contribution in [1.82, 2.24) is 15.3 Å². The van der Waals surface area contributed by atoms with Gasteiger partial charge in [0.25, 0.3) is 0 Å². The van der Waals surface area contributed by atoms with E-state index in [0.717, 1.165) is 16.6 Å². The molecule has 1 aromatic carbocycles. The van der Waals surface area contributed by atoms with Crippen molar-refractivity contribution in [1.29, 1.82) is 0 Å². The van der Waals surface area contributed by atoms with Gasteiger partial charge in [-0.3, -0.25) is 4.98 Å². The Kier molecular flexibility index (Phi) is 6.51. The van der Waals surface area contributed by atoms with Crippen molar-refractivity contribution in [2.45, 2.75) is 25.7 Å². The quantitative estimate of drug-likeness (QED) is 0.591. The van der Waals surface area contributed by atoms with Crippen molar-refractivity contribution in [2.75, 3.05) is 0 Å². The number of pyridine rings is 1. The molecule has 3 aromatic rings. The van der Waals surface area contributed by atoms with Crippen LogP contribution in [0.1, 0.15) is 24.2 Å². The summed E-state index contributed by atoms with van der Waals surface area (Å²) in [7, 11) is 0. The van der Waals surface area contributed by atoms with Crippen molar-refractivity contribution < 1.29 is 27.5 Å². The molecule has 0 bridgehead atoms. The van der Waals surface area contributed by atoms with Crippen molar-refractivity contribution in [3.8, 4) is 0 Å². The number of nitrogens with one attached hydrogen (secondary N) is 2. The molecule has 0 amide bonds. The van der Waals surface area contributed by atoms with Crippen LogP contribution in [0.25, 0.3) is 10.9 Å². The van der Waals surface area contributed by atoms with Gasteiger partial charge in [0.1, 0.15) is 5.82 Å². The van der Waals surface area contributed by atoms with E-state index in [-0.39, 0.29) is 11.9 Å². The second kappa shape index (κ2) is 8.63. The highest BCUT2D eigenvalue weighted by Crippen LogP contribution is 2.21. The molecule has 144 valence electrons. The molecule has 3 rings (SSSR count). The van der Waals surface area contributed by atoms with Gasteiger partial charge < -0.3 is 15.4 Å². The largest absolute Gasteiger partial charge is 0.490 e. The number of aromatic amines is 1. The smallest absolute Gasteiger partial charge is 0.475 e. The highest BCUT2D eigenvalue weighted by Gasteiger charge is 2.38. The van der Waals surface area contributed by atoms with Crippen LogP contribution in [-0.2, 0) is 11.3 Å². The molecule has 0 radical (unpaired) electrons. The second-order valence-corrected chi connectivity index (χ2v) is 5.62. The van der Waals surface area contributed by atoms with E-state index in [0.29, 0.717) is 12.1 Å². The fraction of sp³-hybridized carbons (Fsp3) is 0.222. The van der Waals surface area contributed by atoms with Gasteiger partial charge in [0.05, 0.1) is 5.69 Å². The lowest BCUT2D eigenvalue weighted by atomic mass is 10.1. The van der Waals surface area contributed by atoms with E-state index in [4.69, 9.17) is 9.90 Å². The molecule has 0 spiro atoms. The number of carboxylic acids is 1. The molecule has 9 heteroatoms. The second-order valence-electron chi connectivity index (χ2n) is 5.62. The third-order valence-electron chi connectivity index (χ3n) is 3.75. The van der Waals surface area contributed by atoms with Crippen LogP contribution >= 0.6 is 0 Å². The molecular formula is C18H17F4N3O2. The number of benzene rings is 1. The van der Waals surface area contributed by atoms with Gasteiger partial charge in [-0.25, -0.2) is 9.18 Å². The Morgan fingerprint density at radius 3 is 2.56 bits per heavy atom. The zero-order valence-corrected chi connectivity index (χ0v) is 14.2. The third-order valence-corrected chi connectivity index (χ3v) is 3.75. The minimum Gasteiger partial charge on any atom is -0.475 e. The van der Waals surface area contributed by atoms with Crippen LogP contribution in [0.4, 0.5) is 17.6 Å². The lowest BCUT2D eigenvalue weighted by Crippen LogP contribution is -2.21. The van der Waals surface area contributed by atoms with Crippen molar-refractivity contribution in [2.24, 2.45) is 0 Å². The van der Waals surface area contributed by atoms with E-state index < -0.39 is 12.1 Å². The summed E-state index contributed by atoms with van der Waals surface area (Å²) in [5.41, 5.74) is 2.59. The number of alkyl halides is 3. The predicted octanol–water partition coefficient (Wildman–Crippen LogP) is 4.19. The van der Waals surface area contributed by atoms with E-state index in [9.17, 15) is 17.6 Å². The van der Waals surface area contributed by atoms with Gasteiger partial charge in [-0.1, -0.05) is 6.07 Å². The van der Waals surface area contributed by atoms with Gasteiger partial charge in [0.2, 0.25) is 0 Å². The standard InChI is InChI=1S/C16H16FN3.C2HF3O2/c1-11(15-4-2-3-8-18-15)20-10-13-12-7-9-19-16(12)6-5-14(13)17;3-2(4,5)1(6)7/h2-9,11,19-20H,10H2,1H3;(H,6,7). The summed E-state index contributed by atoms with van der Waals surface area (Å²) in [5.74, 6) is -2.94. The van der Waals surface area contributed by atoms with Gasteiger partial charge in [-0.2, -0.15) is 13.2 Å². The summed E-state index contributed by atoms with van der Waals surface area (Å²) in [4.78, 5) is 16.3. The Bertz CT molecular complexity index is 895. The summed E-state index contributed by atoms with van der Waals surface area (Å²) in [6.07, 6.45) is -1.49. The monoisotopic (exact) mass is 383 g/mol. The van der Waals surface area contributed by atoms with E-state index >= 15 is 0 Å². The van der Waals surface area contributed by atoms with Gasteiger partial charge in [0.15, 0.2) is 0 Å². The van der Waals surface area contributed by atoms with Crippen LogP contribution in [0.5, 0.6) is 0 Å². The molecule has 2 aromatic heterocycles. The molecule has 2 heterocycles. The van der Waals surface area contributed by atoms with E-state index in [1.165, 1.54) is 6.07 Å². The lowest BCUT2D eigenvalue weighted by Gasteiger charge is -2.14. The average Bonchev–Trinajstić information content (AvgIpc) is 3.10. The number of fused-ring (bicyclic) bond motifs is 1. The SMILES string of the molecule is CC(NCc1c(F)ccc2[nH]ccc12)c1ccccn1.O=C(O)C(F)(F)F. The van der Waals surface area contributed by atoms with Crippen LogP contribution in [-0.4, -0.2) is 27.2 Å². The van der Waals surface area contributed by atoms with Crippen LogP contribution in [0.3, 0.4) is 0 Å². The summed E-state index contributed by atoms with van der Waals surface area (Å²) in [6.45, 7) is 2.50. The molecule has 0 saturated carbocycles. The van der Waals surface area contributed by atoms with Crippen LogP contribution < -0.4 is 5.32 Å². The molecule has 0 saturated heterocycles. The number of hydrogen-bond donors (Lipinski definition) is 3. The van der Waals surface area contributed by atoms with E-state index in [1.54, 1.807) is 12.3 Å². The fourth-order valence-electron chi connectivity index (χ4n) is 2.34. The number of aliphatic carboxylic acids is 1. The minimum absolute atomic E-state index is 0.0739. The third kappa shape index (κ3) is 5.52. The zero-order valence-electron chi connectivity index (χ0n) is 14.2. The number of hydrogen-bond acceptors (Lipinski definition) is 3. The first-order valence-corrected chi connectivity index (χ1v) is 7.89. The average molecular weight is 383 g/mol. The molecule has 0 aliphatic heterocycles. The Balaban J connectivity index is 0.000000321. The first-order chi connectivity index (χ1) is 12.7. The molecule has 27 heavy (non-hydrogen) atoms. The molecule has 1 atom stereocenters. The van der Waals surface area contributed by atoms with Crippen LogP contribution in [0.2, 0.25) is 0 Å². The Morgan fingerprint density at radius 2 is 1.96 bits per heavy atom. The normalized spacial score (nSPS) is 12.3. The number of nitrogens with zero attached hydrogens (tertiary/aromatic N) is 1. The molecule has 0 aliphatic rings. The molecule has 0 aliphatic carbocycles. The fourth-order valence-corrected chi connectivity index (χ4v) is 2.34. The van der Waals surface area contributed by atoms with Crippen LogP contribution in [0, 0.1) is 5.82 Å². The molecular weight excluding hydrogens is 366 g/mol. The Labute approximate surface area is 152 Å². The van der Waals surface area contributed by atoms with E-state index in [1.807, 2.05) is 37.4 Å². The highest BCUT2D eigenvalue weighted by molar-refractivity contribution is 5.83. The van der Waals surface area contributed by atoms with E-state index in [2.05, 4.69) is 15.3 Å². The topological polar surface area (TPSA) is 78.0 Å². The van der Waals surface area contributed by atoms with Crippen LogP contribution in [0.15, 0.2) is 48.8 Å². The molecule has 1 unspecified atom stereocenters. The lowest BCUT2D eigenvalue weighted by molar-refractivity contribution is -0.192. The Hall–Kier alpha value is -2.94. The number of rotatable bonds is 4. The van der Waals surface area contributed by atoms with Crippen molar-refractivity contribution in [3.63, 3.8) is 0 Å². The number of carboxylic acid groups (broad SMARTS) is 1. The first-order valence-electron chi connectivity index (χ1n) is 7.89. The number of aromatic nitrogens is 2. The zero-order chi connectivity index (χ0) is 20.0. The van der Waals surface area contributed by atoms with Gasteiger partial charge in [-0.15, -0.1) is 0 Å².